The van der Waals surface area contributed by atoms with E-state index < -0.39 is 23.6 Å². The Morgan fingerprint density at radius 1 is 1.35 bits per heavy atom. The summed E-state index contributed by atoms with van der Waals surface area (Å²) in [6.07, 6.45) is 1.45. The Balaban J connectivity index is 1.82. The lowest BCUT2D eigenvalue weighted by molar-refractivity contribution is -0.144. The number of amides is 3. The zero-order valence-corrected chi connectivity index (χ0v) is 18.6. The van der Waals surface area contributed by atoms with E-state index in [0.717, 1.165) is 0 Å². The van der Waals surface area contributed by atoms with Gasteiger partial charge in [0.25, 0.3) is 0 Å². The molecule has 2 aliphatic heterocycles. The van der Waals surface area contributed by atoms with Crippen LogP contribution in [0.1, 0.15) is 45.3 Å². The second-order valence-electron chi connectivity index (χ2n) is 9.15. The van der Waals surface area contributed by atoms with Crippen LogP contribution in [0.3, 0.4) is 0 Å². The lowest BCUT2D eigenvalue weighted by atomic mass is 9.85. The van der Waals surface area contributed by atoms with Crippen molar-refractivity contribution in [2.45, 2.75) is 58.3 Å². The number of rotatable bonds is 5. The smallest absolute Gasteiger partial charge is 0.248 e. The maximum absolute atomic E-state index is 13.5. The standard InChI is InChI=1S/C20H32N6O5/c1-20(2,3)17(19(30)25-12-14(27)9-15(25)18(29)21-4)26-11-13(22-23-26)10-24-6-8-31-7-5-16(24)28/h11,14-15,17,27H,5-10,12H2,1-4H3,(H,21,29)/t14?,15?,17-/m1/s1. The van der Waals surface area contributed by atoms with E-state index in [-0.39, 0.29) is 37.2 Å². The van der Waals surface area contributed by atoms with Crippen LogP contribution < -0.4 is 5.32 Å². The van der Waals surface area contributed by atoms with Gasteiger partial charge in [-0.05, 0) is 5.41 Å². The largest absolute Gasteiger partial charge is 0.391 e. The van der Waals surface area contributed by atoms with E-state index in [0.29, 0.717) is 31.9 Å². The molecule has 0 aliphatic carbocycles. The third kappa shape index (κ3) is 5.21. The van der Waals surface area contributed by atoms with Gasteiger partial charge in [0.15, 0.2) is 0 Å². The summed E-state index contributed by atoms with van der Waals surface area (Å²) < 4.78 is 6.85. The summed E-state index contributed by atoms with van der Waals surface area (Å²) in [6, 6.07) is -1.45. The zero-order chi connectivity index (χ0) is 22.8. The second-order valence-corrected chi connectivity index (χ2v) is 9.15. The number of likely N-dealkylation sites (N-methyl/N-ethyl adjacent to an activating group) is 1. The first-order valence-corrected chi connectivity index (χ1v) is 10.6. The number of hydrogen-bond acceptors (Lipinski definition) is 7. The van der Waals surface area contributed by atoms with Gasteiger partial charge >= 0.3 is 0 Å². The van der Waals surface area contributed by atoms with Crippen LogP contribution in [0.25, 0.3) is 0 Å². The number of aliphatic hydroxyl groups excluding tert-OH is 1. The molecule has 2 unspecified atom stereocenters. The molecule has 0 saturated carbocycles. The Labute approximate surface area is 181 Å². The van der Waals surface area contributed by atoms with Crippen molar-refractivity contribution in [2.24, 2.45) is 5.41 Å². The molecule has 2 N–H and O–H groups in total. The number of ether oxygens (including phenoxy) is 1. The van der Waals surface area contributed by atoms with Crippen LogP contribution in [0.15, 0.2) is 6.20 Å². The highest BCUT2D eigenvalue weighted by atomic mass is 16.5. The summed E-state index contributed by atoms with van der Waals surface area (Å²) in [5, 5.41) is 21.0. The molecule has 1 aromatic rings. The Morgan fingerprint density at radius 2 is 2.10 bits per heavy atom. The molecule has 0 aromatic carbocycles. The zero-order valence-electron chi connectivity index (χ0n) is 18.6. The first kappa shape index (κ1) is 23.1. The van der Waals surface area contributed by atoms with E-state index in [9.17, 15) is 19.5 Å². The fourth-order valence-electron chi connectivity index (χ4n) is 4.10. The topological polar surface area (TPSA) is 130 Å². The molecule has 31 heavy (non-hydrogen) atoms. The predicted molar refractivity (Wildman–Crippen MR) is 110 cm³/mol. The van der Waals surface area contributed by atoms with E-state index in [1.807, 2.05) is 20.8 Å². The second kappa shape index (κ2) is 9.31. The van der Waals surface area contributed by atoms with Crippen LogP contribution >= 0.6 is 0 Å². The maximum Gasteiger partial charge on any atom is 0.248 e. The van der Waals surface area contributed by atoms with Gasteiger partial charge in [0, 0.05) is 26.6 Å². The summed E-state index contributed by atoms with van der Waals surface area (Å²) in [7, 11) is 1.51. The molecule has 3 heterocycles. The molecule has 11 nitrogen and oxygen atoms in total. The van der Waals surface area contributed by atoms with Gasteiger partial charge in [0.1, 0.15) is 17.8 Å². The van der Waals surface area contributed by atoms with Gasteiger partial charge < -0.3 is 25.0 Å². The highest BCUT2D eigenvalue weighted by Gasteiger charge is 2.45. The van der Waals surface area contributed by atoms with Crippen molar-refractivity contribution in [1.82, 2.24) is 30.1 Å². The summed E-state index contributed by atoms with van der Waals surface area (Å²) in [5.74, 6) is -0.609. The Morgan fingerprint density at radius 3 is 2.77 bits per heavy atom. The number of carbonyl (C=O) groups is 3. The molecule has 3 atom stereocenters. The van der Waals surface area contributed by atoms with Gasteiger partial charge in [-0.25, -0.2) is 4.68 Å². The minimum Gasteiger partial charge on any atom is -0.391 e. The first-order chi connectivity index (χ1) is 14.6. The van der Waals surface area contributed by atoms with Crippen molar-refractivity contribution in [3.63, 3.8) is 0 Å². The van der Waals surface area contributed by atoms with Crippen molar-refractivity contribution in [1.29, 1.82) is 0 Å². The molecule has 2 aliphatic rings. The molecular weight excluding hydrogens is 404 g/mol. The molecule has 2 fully saturated rings. The van der Waals surface area contributed by atoms with Crippen molar-refractivity contribution >= 4 is 17.7 Å². The molecular formula is C20H32N6O5. The SMILES string of the molecule is CNC(=O)C1CC(O)CN1C(=O)[C@@H](n1cc(CN2CCOCCC2=O)nn1)C(C)(C)C. The minimum absolute atomic E-state index is 0.00466. The number of likely N-dealkylation sites (tertiary alicyclic amines) is 1. The Hall–Kier alpha value is -2.53. The summed E-state index contributed by atoms with van der Waals surface area (Å²) in [4.78, 5) is 41.1. The Kier molecular flexibility index (Phi) is 6.95. The molecule has 11 heteroatoms. The van der Waals surface area contributed by atoms with Gasteiger partial charge in [-0.15, -0.1) is 5.10 Å². The molecule has 172 valence electrons. The van der Waals surface area contributed by atoms with Crippen molar-refractivity contribution in [3.05, 3.63) is 11.9 Å². The van der Waals surface area contributed by atoms with E-state index >= 15 is 0 Å². The average Bonchev–Trinajstić information content (AvgIpc) is 3.25. The summed E-state index contributed by atoms with van der Waals surface area (Å²) in [6.45, 7) is 7.48. The number of nitrogens with one attached hydrogen (secondary N) is 1. The van der Waals surface area contributed by atoms with Crippen molar-refractivity contribution in [2.75, 3.05) is 33.4 Å². The average molecular weight is 437 g/mol. The van der Waals surface area contributed by atoms with E-state index in [1.54, 1.807) is 11.1 Å². The number of nitrogens with zero attached hydrogens (tertiary/aromatic N) is 5. The lowest BCUT2D eigenvalue weighted by Gasteiger charge is -2.34. The van der Waals surface area contributed by atoms with Crippen LogP contribution in [0.5, 0.6) is 0 Å². The number of hydrogen-bond donors (Lipinski definition) is 2. The highest BCUT2D eigenvalue weighted by Crippen LogP contribution is 2.34. The van der Waals surface area contributed by atoms with E-state index in [2.05, 4.69) is 15.6 Å². The molecule has 3 rings (SSSR count). The lowest BCUT2D eigenvalue weighted by Crippen LogP contribution is -2.49. The minimum atomic E-state index is -0.755. The van der Waals surface area contributed by atoms with Crippen LogP contribution in [-0.2, 0) is 25.7 Å². The van der Waals surface area contributed by atoms with E-state index in [1.165, 1.54) is 16.6 Å². The first-order valence-electron chi connectivity index (χ1n) is 10.6. The van der Waals surface area contributed by atoms with Crippen molar-refractivity contribution < 1.29 is 24.2 Å². The monoisotopic (exact) mass is 436 g/mol. The number of carbonyl (C=O) groups excluding carboxylic acids is 3. The van der Waals surface area contributed by atoms with E-state index in [4.69, 9.17) is 4.74 Å². The van der Waals surface area contributed by atoms with Crippen LogP contribution in [-0.4, -0.2) is 93.1 Å². The molecule has 1 aromatic heterocycles. The van der Waals surface area contributed by atoms with Crippen LogP contribution in [0.4, 0.5) is 0 Å². The Bertz CT molecular complexity index is 819. The molecule has 3 amide bonds. The van der Waals surface area contributed by atoms with Gasteiger partial charge in [-0.2, -0.15) is 0 Å². The van der Waals surface area contributed by atoms with Gasteiger partial charge in [0.2, 0.25) is 17.7 Å². The van der Waals surface area contributed by atoms with Gasteiger partial charge in [0.05, 0.1) is 38.5 Å². The van der Waals surface area contributed by atoms with Crippen LogP contribution in [0, 0.1) is 5.41 Å². The highest BCUT2D eigenvalue weighted by molar-refractivity contribution is 5.90. The van der Waals surface area contributed by atoms with Crippen LogP contribution in [0.2, 0.25) is 0 Å². The summed E-state index contributed by atoms with van der Waals surface area (Å²) >= 11 is 0. The third-order valence-corrected chi connectivity index (χ3v) is 5.66. The summed E-state index contributed by atoms with van der Waals surface area (Å²) in [5.41, 5.74) is 0.0383. The molecule has 0 bridgehead atoms. The third-order valence-electron chi connectivity index (χ3n) is 5.66. The maximum atomic E-state index is 13.5. The van der Waals surface area contributed by atoms with Gasteiger partial charge in [-0.1, -0.05) is 26.0 Å². The number of aromatic nitrogens is 3. The molecule has 0 radical (unpaired) electrons. The predicted octanol–water partition coefficient (Wildman–Crippen LogP) is -0.678. The number of β-amino-alcohol motifs (C(OH)–C–C–N with tert-alkyl or cyclic N) is 1. The van der Waals surface area contributed by atoms with Crippen molar-refractivity contribution in [3.8, 4) is 0 Å². The number of aliphatic hydroxyl groups is 1. The quantitative estimate of drug-likeness (QED) is 0.626. The fourth-order valence-corrected chi connectivity index (χ4v) is 4.10. The molecule has 0 spiro atoms. The normalized spacial score (nSPS) is 23.6. The molecule has 2 saturated heterocycles. The fraction of sp³-hybridized carbons (Fsp3) is 0.750. The van der Waals surface area contributed by atoms with Gasteiger partial charge in [-0.3, -0.25) is 14.4 Å².